The van der Waals surface area contributed by atoms with Crippen LogP contribution in [0.2, 0.25) is 5.02 Å². The number of nitrogens with zero attached hydrogens (tertiary/aromatic N) is 2. The third kappa shape index (κ3) is 10.1. The van der Waals surface area contributed by atoms with Gasteiger partial charge in [-0.1, -0.05) is 42.8 Å². The molecule has 2 fully saturated rings. The molecule has 2 radical (unpaired) electrons. The number of imide groups is 1. The predicted molar refractivity (Wildman–Crippen MR) is 216 cm³/mol. The molecular formula is C39H43BClN3O11S2. The second-order valence-electron chi connectivity index (χ2n) is 14.3. The van der Waals surface area contributed by atoms with Crippen LogP contribution in [-0.4, -0.2) is 102 Å². The number of nitrogens with two attached hydrogens (primary N) is 1. The summed E-state index contributed by atoms with van der Waals surface area (Å²) in [6.45, 7) is 6.45. The number of carbonyl (C=O) groups is 5. The van der Waals surface area contributed by atoms with Crippen LogP contribution in [-0.2, 0) is 37.0 Å². The number of amides is 3. The van der Waals surface area contributed by atoms with Gasteiger partial charge >= 0.3 is 26.0 Å². The molecule has 0 saturated carbocycles. The second kappa shape index (κ2) is 18.3. The monoisotopic (exact) mass is 839 g/mol. The van der Waals surface area contributed by atoms with Crippen LogP contribution < -0.4 is 24.7 Å². The van der Waals surface area contributed by atoms with Crippen molar-refractivity contribution in [1.82, 2.24) is 9.80 Å². The van der Waals surface area contributed by atoms with E-state index in [0.717, 1.165) is 34.7 Å². The molecular weight excluding hydrogens is 797 g/mol. The molecule has 0 aliphatic carbocycles. The highest BCUT2D eigenvalue weighted by atomic mass is 35.5. The van der Waals surface area contributed by atoms with E-state index in [2.05, 4.69) is 4.65 Å². The lowest BCUT2D eigenvalue weighted by molar-refractivity contribution is -0.144. The summed E-state index contributed by atoms with van der Waals surface area (Å²) in [4.78, 5) is 69.1. The summed E-state index contributed by atoms with van der Waals surface area (Å²) in [5, 5.41) is -0.634. The van der Waals surface area contributed by atoms with Crippen LogP contribution in [0.15, 0.2) is 60.7 Å². The molecule has 1 unspecified atom stereocenters. The highest BCUT2D eigenvalue weighted by Crippen LogP contribution is 2.53. The standard InChI is InChI=1S/C39H43BClN3O11S2/c1-22(20-56-39(36(48)55-40)21-44-33(46)30(42)35(44)57-39)17-43(37(49)54-38(2,3)4)34(47)31(45)27-15-16-28(52-18-23-7-11-25(50-5)12-8-23)32(29(27)41)53-19-24-9-13-26(51-6)14-10-24/h7-16,22,30,35H,17-21,42H2,1-6H3/t22-,30+,35?,39+/m0/s1. The van der Waals surface area contributed by atoms with Gasteiger partial charge in [0, 0.05) is 6.54 Å². The maximum absolute atomic E-state index is 14.1. The Morgan fingerprint density at radius 3 is 2.09 bits per heavy atom. The first kappa shape index (κ1) is 43.5. The first-order valence-corrected chi connectivity index (χ1v) is 20.0. The van der Waals surface area contributed by atoms with E-state index in [9.17, 15) is 24.0 Å². The van der Waals surface area contributed by atoms with Crippen molar-refractivity contribution in [2.24, 2.45) is 11.7 Å². The zero-order valence-corrected chi connectivity index (χ0v) is 34.7. The van der Waals surface area contributed by atoms with E-state index in [4.69, 9.17) is 49.1 Å². The number of thioether (sulfide) groups is 2. The van der Waals surface area contributed by atoms with Crippen molar-refractivity contribution in [3.8, 4) is 23.0 Å². The highest BCUT2D eigenvalue weighted by molar-refractivity contribution is 8.20. The van der Waals surface area contributed by atoms with Crippen molar-refractivity contribution in [2.75, 3.05) is 33.1 Å². The fourth-order valence-electron chi connectivity index (χ4n) is 5.81. The van der Waals surface area contributed by atoms with E-state index in [1.807, 2.05) is 12.1 Å². The summed E-state index contributed by atoms with van der Waals surface area (Å²) >= 11 is 9.17. The molecule has 2 heterocycles. The van der Waals surface area contributed by atoms with E-state index in [-0.39, 0.29) is 60.0 Å². The van der Waals surface area contributed by atoms with Gasteiger partial charge < -0.3 is 39.0 Å². The molecule has 3 aromatic rings. The van der Waals surface area contributed by atoms with Crippen molar-refractivity contribution in [1.29, 1.82) is 0 Å². The third-order valence-electron chi connectivity index (χ3n) is 8.84. The Kier molecular flexibility index (Phi) is 14.0. The summed E-state index contributed by atoms with van der Waals surface area (Å²) in [6, 6.07) is 16.4. The van der Waals surface area contributed by atoms with Crippen LogP contribution in [0.25, 0.3) is 0 Å². The van der Waals surface area contributed by atoms with Crippen LogP contribution in [0.4, 0.5) is 4.79 Å². The number of ketones is 1. The third-order valence-corrected chi connectivity index (χ3v) is 12.8. The van der Waals surface area contributed by atoms with Crippen molar-refractivity contribution >= 4 is 72.8 Å². The molecule has 18 heteroatoms. The first-order valence-electron chi connectivity index (χ1n) is 17.7. The number of benzene rings is 3. The predicted octanol–water partition coefficient (Wildman–Crippen LogP) is 5.40. The average Bonchev–Trinajstić information content (AvgIpc) is 3.57. The zero-order chi connectivity index (χ0) is 41.7. The number of carbonyl (C=O) groups excluding carboxylic acids is 5. The van der Waals surface area contributed by atoms with E-state index in [0.29, 0.717) is 16.4 Å². The van der Waals surface area contributed by atoms with Gasteiger partial charge in [-0.15, -0.1) is 23.5 Å². The molecule has 2 N–H and O–H groups in total. The number of rotatable bonds is 16. The SMILES string of the molecule is [B]OC(=O)[C@@]1(SC[C@@H](C)CN(C(=O)OC(C)(C)C)C(=O)C(=O)c2ccc(OCc3ccc(OC)cc3)c(OCc3ccc(OC)cc3)c2Cl)CN2C(=O)[C@@H](N)C2S1. The fourth-order valence-corrected chi connectivity index (χ4v) is 9.25. The van der Waals surface area contributed by atoms with Crippen LogP contribution in [0.1, 0.15) is 49.2 Å². The Morgan fingerprint density at radius 1 is 0.982 bits per heavy atom. The molecule has 0 bridgehead atoms. The van der Waals surface area contributed by atoms with Gasteiger partial charge in [0.05, 0.1) is 31.4 Å². The van der Waals surface area contributed by atoms with E-state index in [1.54, 1.807) is 78.3 Å². The first-order chi connectivity index (χ1) is 27.0. The van der Waals surface area contributed by atoms with Crippen LogP contribution >= 0.6 is 35.1 Å². The van der Waals surface area contributed by atoms with Crippen molar-refractivity contribution in [3.05, 3.63) is 82.4 Å². The summed E-state index contributed by atoms with van der Waals surface area (Å²) in [7, 11) is 8.40. The van der Waals surface area contributed by atoms with E-state index >= 15 is 0 Å². The lowest BCUT2D eigenvalue weighted by Crippen LogP contribution is -2.64. The number of hydrogen-bond donors (Lipinski definition) is 1. The molecule has 2 aliphatic rings. The Bertz CT molecular complexity index is 1980. The molecule has 14 nitrogen and oxygen atoms in total. The Hall–Kier alpha value is -4.58. The molecule has 5 rings (SSSR count). The molecule has 3 aromatic carbocycles. The van der Waals surface area contributed by atoms with Crippen molar-refractivity contribution < 1.29 is 52.3 Å². The highest BCUT2D eigenvalue weighted by Gasteiger charge is 2.61. The minimum absolute atomic E-state index is 0.00212. The van der Waals surface area contributed by atoms with Crippen molar-refractivity contribution in [2.45, 2.75) is 62.0 Å². The smallest absolute Gasteiger partial charge is 0.417 e. The fraction of sp³-hybridized carbons (Fsp3) is 0.410. The second-order valence-corrected chi connectivity index (χ2v) is 17.7. The summed E-state index contributed by atoms with van der Waals surface area (Å²) in [6.07, 6.45) is -1.06. The van der Waals surface area contributed by atoms with Gasteiger partial charge in [0.1, 0.15) is 41.7 Å². The topological polar surface area (TPSA) is 173 Å². The van der Waals surface area contributed by atoms with Crippen LogP contribution in [0, 0.1) is 5.92 Å². The summed E-state index contributed by atoms with van der Waals surface area (Å²) < 4.78 is 31.6. The number of fused-ring (bicyclic) bond motifs is 1. The van der Waals surface area contributed by atoms with Gasteiger partial charge in [-0.2, -0.15) is 0 Å². The molecule has 2 saturated heterocycles. The number of β-lactam (4-membered cyclic amide) rings is 1. The molecule has 0 spiro atoms. The summed E-state index contributed by atoms with van der Waals surface area (Å²) in [5.41, 5.74) is 6.25. The van der Waals surface area contributed by atoms with Gasteiger partial charge in [0.15, 0.2) is 15.6 Å². The van der Waals surface area contributed by atoms with Crippen LogP contribution in [0.5, 0.6) is 23.0 Å². The average molecular weight is 840 g/mol. The van der Waals surface area contributed by atoms with E-state index in [1.165, 1.54) is 17.0 Å². The number of ether oxygens (including phenoxy) is 5. The zero-order valence-electron chi connectivity index (χ0n) is 32.3. The van der Waals surface area contributed by atoms with E-state index < -0.39 is 50.8 Å². The largest absolute Gasteiger partial charge is 0.542 e. The minimum atomic E-state index is -1.29. The molecule has 3 amide bonds. The minimum Gasteiger partial charge on any atom is -0.542 e. The molecule has 302 valence electrons. The maximum atomic E-state index is 14.1. The van der Waals surface area contributed by atoms with Crippen LogP contribution in [0.3, 0.4) is 0 Å². The number of hydrogen-bond acceptors (Lipinski definition) is 14. The summed E-state index contributed by atoms with van der Waals surface area (Å²) in [5.74, 6) is -2.17. The van der Waals surface area contributed by atoms with Crippen molar-refractivity contribution in [3.63, 3.8) is 0 Å². The number of methoxy groups -OCH3 is 2. The van der Waals surface area contributed by atoms with Gasteiger partial charge in [-0.3, -0.25) is 19.2 Å². The Labute approximate surface area is 345 Å². The van der Waals surface area contributed by atoms with Gasteiger partial charge in [0.25, 0.3) is 5.78 Å². The Morgan fingerprint density at radius 2 is 1.56 bits per heavy atom. The lowest BCUT2D eigenvalue weighted by Gasteiger charge is -2.38. The molecule has 0 aromatic heterocycles. The number of Topliss-reactive ketones (excluding diaryl/α,β-unsaturated/α-hetero) is 1. The van der Waals surface area contributed by atoms with Gasteiger partial charge in [0.2, 0.25) is 5.91 Å². The van der Waals surface area contributed by atoms with Gasteiger partial charge in [-0.25, -0.2) is 9.69 Å². The normalized spacial score (nSPS) is 19.1. The lowest BCUT2D eigenvalue weighted by atomic mass is 10.1. The molecule has 57 heavy (non-hydrogen) atoms. The Balaban J connectivity index is 1.39. The quantitative estimate of drug-likeness (QED) is 0.0841. The van der Waals surface area contributed by atoms with Gasteiger partial charge in [-0.05, 0) is 80.0 Å². The molecule has 2 aliphatic heterocycles. The maximum Gasteiger partial charge on any atom is 0.417 e. The molecule has 4 atom stereocenters. The number of halogens is 1.